The fourth-order valence-corrected chi connectivity index (χ4v) is 2.02. The first-order chi connectivity index (χ1) is 4.61. The lowest BCUT2D eigenvalue weighted by molar-refractivity contribution is -0.148. The second kappa shape index (κ2) is 1.55. The van der Waals surface area contributed by atoms with Crippen molar-refractivity contribution in [2.75, 3.05) is 0 Å². The molecule has 0 spiro atoms. The Kier molecular flexibility index (Phi) is 0.960. The van der Waals surface area contributed by atoms with Gasteiger partial charge >= 0.3 is 5.97 Å². The first kappa shape index (κ1) is 6.20. The van der Waals surface area contributed by atoms with Gasteiger partial charge in [-0.05, 0) is 26.7 Å². The van der Waals surface area contributed by atoms with Crippen molar-refractivity contribution in [3.8, 4) is 0 Å². The summed E-state index contributed by atoms with van der Waals surface area (Å²) in [6.45, 7) is 4.02. The van der Waals surface area contributed by atoms with Crippen LogP contribution in [-0.2, 0) is 9.53 Å². The van der Waals surface area contributed by atoms with Crippen LogP contribution in [0.2, 0.25) is 0 Å². The molecule has 1 saturated heterocycles. The van der Waals surface area contributed by atoms with Crippen LogP contribution in [0.25, 0.3) is 0 Å². The maximum absolute atomic E-state index is 11.0. The van der Waals surface area contributed by atoms with Gasteiger partial charge in [-0.1, -0.05) is 0 Å². The topological polar surface area (TPSA) is 26.3 Å². The van der Waals surface area contributed by atoms with Gasteiger partial charge in [0.2, 0.25) is 0 Å². The minimum atomic E-state index is -0.167. The Morgan fingerprint density at radius 3 is 2.40 bits per heavy atom. The molecule has 1 aliphatic heterocycles. The van der Waals surface area contributed by atoms with E-state index in [1.54, 1.807) is 0 Å². The molecule has 0 amide bonds. The number of hydrogen-bond acceptors (Lipinski definition) is 2. The summed E-state index contributed by atoms with van der Waals surface area (Å²) < 4.78 is 5.20. The lowest BCUT2D eigenvalue weighted by atomic mass is 9.68. The highest BCUT2D eigenvalue weighted by molar-refractivity contribution is 5.77. The second-order valence-corrected chi connectivity index (χ2v) is 3.81. The van der Waals surface area contributed by atoms with Crippen molar-refractivity contribution in [2.45, 2.75) is 32.3 Å². The average molecular weight is 140 g/mol. The predicted octanol–water partition coefficient (Wildman–Crippen LogP) is 1.35. The molecule has 0 aromatic carbocycles. The quantitative estimate of drug-likeness (QED) is 0.475. The van der Waals surface area contributed by atoms with Crippen LogP contribution in [0.1, 0.15) is 26.7 Å². The fourth-order valence-electron chi connectivity index (χ4n) is 2.02. The molecule has 56 valence electrons. The summed E-state index contributed by atoms with van der Waals surface area (Å²) in [5.74, 6) is 0.788. The number of ether oxygens (including phenoxy) is 1. The fraction of sp³-hybridized carbons (Fsp3) is 0.875. The minimum Gasteiger partial charge on any atom is -0.459 e. The summed E-state index contributed by atoms with van der Waals surface area (Å²) in [5.41, 5.74) is -0.167. The van der Waals surface area contributed by atoms with Gasteiger partial charge in [0.25, 0.3) is 0 Å². The normalized spacial score (nSPS) is 42.0. The van der Waals surface area contributed by atoms with E-state index in [9.17, 15) is 4.79 Å². The van der Waals surface area contributed by atoms with Crippen molar-refractivity contribution < 1.29 is 9.53 Å². The van der Waals surface area contributed by atoms with Crippen molar-refractivity contribution in [1.29, 1.82) is 0 Å². The van der Waals surface area contributed by atoms with E-state index in [1.165, 1.54) is 6.42 Å². The van der Waals surface area contributed by atoms with Crippen molar-refractivity contribution in [2.24, 2.45) is 11.8 Å². The number of esters is 1. The molecule has 2 heteroatoms. The molecule has 2 atom stereocenters. The maximum atomic E-state index is 11.0. The predicted molar refractivity (Wildman–Crippen MR) is 36.4 cm³/mol. The summed E-state index contributed by atoms with van der Waals surface area (Å²) in [5, 5.41) is 0. The molecule has 0 aromatic heterocycles. The third-order valence-electron chi connectivity index (χ3n) is 2.83. The van der Waals surface area contributed by atoms with E-state index in [4.69, 9.17) is 4.74 Å². The molecule has 2 rings (SSSR count). The van der Waals surface area contributed by atoms with Gasteiger partial charge in [-0.15, -0.1) is 0 Å². The van der Waals surface area contributed by atoms with Crippen molar-refractivity contribution in [3.05, 3.63) is 0 Å². The zero-order valence-corrected chi connectivity index (χ0v) is 6.39. The van der Waals surface area contributed by atoms with Crippen LogP contribution in [0.4, 0.5) is 0 Å². The van der Waals surface area contributed by atoms with E-state index >= 15 is 0 Å². The number of carbonyl (C=O) groups excluding carboxylic acids is 1. The Hall–Kier alpha value is -0.530. The van der Waals surface area contributed by atoms with Gasteiger partial charge in [0.1, 0.15) is 5.60 Å². The molecule has 1 saturated carbocycles. The largest absolute Gasteiger partial charge is 0.459 e. The highest BCUT2D eigenvalue weighted by atomic mass is 16.6. The van der Waals surface area contributed by atoms with Gasteiger partial charge in [-0.2, -0.15) is 0 Å². The summed E-state index contributed by atoms with van der Waals surface area (Å²) in [7, 11) is 0. The van der Waals surface area contributed by atoms with E-state index < -0.39 is 0 Å². The number of rotatable bonds is 0. The monoisotopic (exact) mass is 140 g/mol. The molecule has 0 aromatic rings. The van der Waals surface area contributed by atoms with Crippen LogP contribution in [-0.4, -0.2) is 11.6 Å². The van der Waals surface area contributed by atoms with Gasteiger partial charge in [0.05, 0.1) is 5.92 Å². The van der Waals surface area contributed by atoms with Crippen molar-refractivity contribution in [1.82, 2.24) is 0 Å². The first-order valence-electron chi connectivity index (χ1n) is 3.84. The van der Waals surface area contributed by atoms with Gasteiger partial charge in [-0.25, -0.2) is 0 Å². The molecule has 10 heavy (non-hydrogen) atoms. The zero-order chi connectivity index (χ0) is 7.35. The molecule has 0 bridgehead atoms. The van der Waals surface area contributed by atoms with E-state index in [2.05, 4.69) is 0 Å². The Labute approximate surface area is 60.6 Å². The highest BCUT2D eigenvalue weighted by Gasteiger charge is 2.54. The Morgan fingerprint density at radius 2 is 2.20 bits per heavy atom. The molecule has 2 fully saturated rings. The van der Waals surface area contributed by atoms with Crippen LogP contribution in [0.3, 0.4) is 0 Å². The number of hydrogen-bond donors (Lipinski definition) is 0. The third kappa shape index (κ3) is 0.568. The van der Waals surface area contributed by atoms with Crippen molar-refractivity contribution >= 4 is 5.97 Å². The standard InChI is InChI=1S/C8H12O2/c1-8(2)6-4-3-5(6)7(9)10-8/h5-6H,3-4H2,1-2H3/t5-,6+/m0/s1. The number of carbonyl (C=O) groups is 1. The second-order valence-electron chi connectivity index (χ2n) is 3.81. The maximum Gasteiger partial charge on any atom is 0.309 e. The molecule has 2 aliphatic rings. The molecule has 1 heterocycles. The average Bonchev–Trinajstić information content (AvgIpc) is 1.66. The summed E-state index contributed by atoms with van der Waals surface area (Å²) in [6.07, 6.45) is 2.22. The minimum absolute atomic E-state index is 0.0289. The van der Waals surface area contributed by atoms with Gasteiger partial charge < -0.3 is 4.74 Å². The molecule has 0 radical (unpaired) electrons. The Balaban J connectivity index is 2.24. The first-order valence-corrected chi connectivity index (χ1v) is 3.84. The van der Waals surface area contributed by atoms with Crippen LogP contribution in [0.15, 0.2) is 0 Å². The molecular weight excluding hydrogens is 128 g/mol. The van der Waals surface area contributed by atoms with Crippen molar-refractivity contribution in [3.63, 3.8) is 0 Å². The van der Waals surface area contributed by atoms with Crippen LogP contribution >= 0.6 is 0 Å². The van der Waals surface area contributed by atoms with Gasteiger partial charge in [-0.3, -0.25) is 4.79 Å². The molecule has 0 unspecified atom stereocenters. The summed E-state index contributed by atoms with van der Waals surface area (Å²) in [6, 6.07) is 0. The number of fused-ring (bicyclic) bond motifs is 1. The van der Waals surface area contributed by atoms with E-state index in [0.29, 0.717) is 5.92 Å². The van der Waals surface area contributed by atoms with E-state index in [0.717, 1.165) is 6.42 Å². The Morgan fingerprint density at radius 1 is 1.50 bits per heavy atom. The smallest absolute Gasteiger partial charge is 0.309 e. The molecular formula is C8H12O2. The van der Waals surface area contributed by atoms with E-state index in [1.807, 2.05) is 13.8 Å². The van der Waals surface area contributed by atoms with Gasteiger partial charge in [0.15, 0.2) is 0 Å². The van der Waals surface area contributed by atoms with Crippen LogP contribution in [0.5, 0.6) is 0 Å². The van der Waals surface area contributed by atoms with E-state index in [-0.39, 0.29) is 17.5 Å². The lowest BCUT2D eigenvalue weighted by Crippen LogP contribution is -2.36. The SMILES string of the molecule is CC1(C)OC(=O)[C@H]2CC[C@H]21. The van der Waals surface area contributed by atoms with Crippen LogP contribution in [0, 0.1) is 11.8 Å². The highest BCUT2D eigenvalue weighted by Crippen LogP contribution is 2.49. The summed E-state index contributed by atoms with van der Waals surface area (Å²) >= 11 is 0. The molecule has 2 nitrogen and oxygen atoms in total. The van der Waals surface area contributed by atoms with Crippen LogP contribution < -0.4 is 0 Å². The third-order valence-corrected chi connectivity index (χ3v) is 2.83. The molecule has 1 aliphatic carbocycles. The molecule has 0 N–H and O–H groups in total. The number of cyclic esters (lactones) is 1. The van der Waals surface area contributed by atoms with Gasteiger partial charge in [0, 0.05) is 5.92 Å². The summed E-state index contributed by atoms with van der Waals surface area (Å²) in [4.78, 5) is 11.0. The zero-order valence-electron chi connectivity index (χ0n) is 6.39. The Bertz CT molecular complexity index is 184. The lowest BCUT2D eigenvalue weighted by Gasteiger charge is -2.33.